The van der Waals surface area contributed by atoms with Crippen molar-refractivity contribution in [1.29, 1.82) is 0 Å². The van der Waals surface area contributed by atoms with Gasteiger partial charge in [0.15, 0.2) is 5.78 Å². The lowest BCUT2D eigenvalue weighted by atomic mass is 9.55. The van der Waals surface area contributed by atoms with Crippen LogP contribution in [0.1, 0.15) is 74.7 Å². The molecule has 1 heteroatoms. The van der Waals surface area contributed by atoms with Crippen molar-refractivity contribution in [1.82, 2.24) is 0 Å². The van der Waals surface area contributed by atoms with Gasteiger partial charge in [0.1, 0.15) is 0 Å². The summed E-state index contributed by atoms with van der Waals surface area (Å²) in [6.07, 6.45) is 5.28. The van der Waals surface area contributed by atoms with Crippen LogP contribution in [0.4, 0.5) is 0 Å². The predicted octanol–water partition coefficient (Wildman–Crippen LogP) is 6.02. The van der Waals surface area contributed by atoms with E-state index in [0.29, 0.717) is 5.78 Å². The highest BCUT2D eigenvalue weighted by molar-refractivity contribution is 6.03. The van der Waals surface area contributed by atoms with Crippen molar-refractivity contribution in [3.8, 4) is 0 Å². The first kappa shape index (κ1) is 17.2. The van der Waals surface area contributed by atoms with Crippen LogP contribution >= 0.6 is 0 Å². The van der Waals surface area contributed by atoms with E-state index in [-0.39, 0.29) is 16.7 Å². The maximum Gasteiger partial charge on any atom is 0.163 e. The average molecular weight is 300 g/mol. The summed E-state index contributed by atoms with van der Waals surface area (Å²) in [4.78, 5) is 13.0. The molecule has 1 nitrogen and oxygen atoms in total. The summed E-state index contributed by atoms with van der Waals surface area (Å²) in [5.41, 5.74) is 6.93. The molecular weight excluding hydrogens is 268 g/mol. The van der Waals surface area contributed by atoms with Crippen LogP contribution in [0.25, 0.3) is 0 Å². The quantitative estimate of drug-likeness (QED) is 0.500. The fourth-order valence-electron chi connectivity index (χ4n) is 4.80. The van der Waals surface area contributed by atoms with Crippen LogP contribution in [-0.2, 0) is 4.79 Å². The molecule has 0 saturated heterocycles. The first-order chi connectivity index (χ1) is 10.2. The SMILES string of the molecule is CC.CC1=C(C)CC2(C)C(=C1)C(=O)C1CC(C)=C(C)CC12C. The standard InChI is InChI=1S/C19H26O.C2H6/c1-11-7-15-17(20)16-8-12(2)14(4)10-19(16,6)18(15,5)9-13(11)3;1-2/h7,16H,8-10H2,1-6H3;1-2H3. The van der Waals surface area contributed by atoms with E-state index in [9.17, 15) is 4.79 Å². The van der Waals surface area contributed by atoms with Gasteiger partial charge in [-0.05, 0) is 52.4 Å². The molecule has 22 heavy (non-hydrogen) atoms. The lowest BCUT2D eigenvalue weighted by Crippen LogP contribution is -2.41. The van der Waals surface area contributed by atoms with Crippen molar-refractivity contribution in [2.45, 2.75) is 74.7 Å². The third kappa shape index (κ3) is 2.08. The molecular formula is C21H32O. The molecule has 0 spiro atoms. The molecule has 3 rings (SSSR count). The summed E-state index contributed by atoms with van der Waals surface area (Å²) in [5, 5.41) is 0. The van der Waals surface area contributed by atoms with E-state index in [4.69, 9.17) is 0 Å². The van der Waals surface area contributed by atoms with Crippen molar-refractivity contribution in [2.75, 3.05) is 0 Å². The zero-order chi connectivity index (χ0) is 16.9. The normalized spacial score (nSPS) is 37.4. The molecule has 1 fully saturated rings. The number of hydrogen-bond donors (Lipinski definition) is 0. The van der Waals surface area contributed by atoms with E-state index in [1.165, 1.54) is 22.3 Å². The molecule has 0 heterocycles. The number of carbonyl (C=O) groups excluding carboxylic acids is 1. The summed E-state index contributed by atoms with van der Waals surface area (Å²) in [6, 6.07) is 0. The maximum atomic E-state index is 13.0. The van der Waals surface area contributed by atoms with Gasteiger partial charge in [0.25, 0.3) is 0 Å². The summed E-state index contributed by atoms with van der Waals surface area (Å²) in [6.45, 7) is 17.5. The van der Waals surface area contributed by atoms with Gasteiger partial charge >= 0.3 is 0 Å². The number of Topliss-reactive ketones (excluding diaryl/α,β-unsaturated/α-hetero) is 1. The second-order valence-electron chi connectivity index (χ2n) is 7.81. The van der Waals surface area contributed by atoms with Gasteiger partial charge in [-0.25, -0.2) is 0 Å². The lowest BCUT2D eigenvalue weighted by Gasteiger charge is -2.48. The van der Waals surface area contributed by atoms with Gasteiger partial charge in [0, 0.05) is 16.9 Å². The molecule has 3 unspecified atom stereocenters. The van der Waals surface area contributed by atoms with E-state index in [2.05, 4.69) is 47.6 Å². The fraction of sp³-hybridized carbons (Fsp3) is 0.667. The number of allylic oxidation sites excluding steroid dienone is 6. The Labute approximate surface area is 136 Å². The highest BCUT2D eigenvalue weighted by atomic mass is 16.1. The van der Waals surface area contributed by atoms with Crippen LogP contribution in [0.5, 0.6) is 0 Å². The van der Waals surface area contributed by atoms with Crippen LogP contribution in [0, 0.1) is 16.7 Å². The maximum absolute atomic E-state index is 13.0. The lowest BCUT2D eigenvalue weighted by molar-refractivity contribution is -0.120. The molecule has 3 atom stereocenters. The van der Waals surface area contributed by atoms with E-state index < -0.39 is 0 Å². The minimum absolute atomic E-state index is 0.0281. The Hall–Kier alpha value is -1.11. The summed E-state index contributed by atoms with van der Waals surface area (Å²) in [5.74, 6) is 0.620. The number of rotatable bonds is 0. The zero-order valence-corrected chi connectivity index (χ0v) is 15.7. The van der Waals surface area contributed by atoms with Crippen molar-refractivity contribution in [3.05, 3.63) is 33.9 Å². The molecule has 3 aliphatic rings. The third-order valence-electron chi connectivity index (χ3n) is 6.73. The predicted molar refractivity (Wildman–Crippen MR) is 94.7 cm³/mol. The van der Waals surface area contributed by atoms with Crippen LogP contribution in [0.15, 0.2) is 33.9 Å². The molecule has 3 aliphatic carbocycles. The Morgan fingerprint density at radius 1 is 0.955 bits per heavy atom. The van der Waals surface area contributed by atoms with Crippen molar-refractivity contribution >= 4 is 5.78 Å². The smallest absolute Gasteiger partial charge is 0.163 e. The van der Waals surface area contributed by atoms with Gasteiger partial charge in [0.05, 0.1) is 0 Å². The Balaban J connectivity index is 0.000000847. The highest BCUT2D eigenvalue weighted by Crippen LogP contribution is 2.66. The minimum Gasteiger partial charge on any atom is -0.294 e. The Morgan fingerprint density at radius 2 is 1.55 bits per heavy atom. The van der Waals surface area contributed by atoms with Gasteiger partial charge in [0.2, 0.25) is 0 Å². The third-order valence-corrected chi connectivity index (χ3v) is 6.73. The largest absolute Gasteiger partial charge is 0.294 e. The van der Waals surface area contributed by atoms with Gasteiger partial charge < -0.3 is 0 Å². The summed E-state index contributed by atoms with van der Waals surface area (Å²) in [7, 11) is 0. The second-order valence-corrected chi connectivity index (χ2v) is 7.81. The second kappa shape index (κ2) is 5.51. The topological polar surface area (TPSA) is 17.1 Å². The Morgan fingerprint density at radius 3 is 2.14 bits per heavy atom. The summed E-state index contributed by atoms with van der Waals surface area (Å²) < 4.78 is 0. The molecule has 1 saturated carbocycles. The highest BCUT2D eigenvalue weighted by Gasteiger charge is 2.62. The zero-order valence-electron chi connectivity index (χ0n) is 15.7. The van der Waals surface area contributed by atoms with Gasteiger partial charge in [-0.2, -0.15) is 0 Å². The van der Waals surface area contributed by atoms with Crippen LogP contribution in [0.3, 0.4) is 0 Å². The molecule has 0 aromatic rings. The van der Waals surface area contributed by atoms with Crippen molar-refractivity contribution < 1.29 is 4.79 Å². The van der Waals surface area contributed by atoms with E-state index in [1.807, 2.05) is 13.8 Å². The molecule has 0 aliphatic heterocycles. The monoisotopic (exact) mass is 300 g/mol. The number of fused-ring (bicyclic) bond motifs is 3. The first-order valence-corrected chi connectivity index (χ1v) is 8.78. The molecule has 0 amide bonds. The van der Waals surface area contributed by atoms with Crippen LogP contribution < -0.4 is 0 Å². The van der Waals surface area contributed by atoms with E-state index >= 15 is 0 Å². The van der Waals surface area contributed by atoms with E-state index in [1.54, 1.807) is 0 Å². The van der Waals surface area contributed by atoms with Gasteiger partial charge in [-0.1, -0.05) is 56.1 Å². The molecule has 0 aromatic carbocycles. The number of hydrogen-bond acceptors (Lipinski definition) is 1. The number of carbonyl (C=O) groups is 1. The molecule has 0 aromatic heterocycles. The Bertz CT molecular complexity index is 601. The van der Waals surface area contributed by atoms with Crippen LogP contribution in [0.2, 0.25) is 0 Å². The fourth-order valence-corrected chi connectivity index (χ4v) is 4.80. The molecule has 0 radical (unpaired) electrons. The average Bonchev–Trinajstić information content (AvgIpc) is 2.61. The van der Waals surface area contributed by atoms with E-state index in [0.717, 1.165) is 24.8 Å². The first-order valence-electron chi connectivity index (χ1n) is 8.78. The minimum atomic E-state index is 0.0281. The van der Waals surface area contributed by atoms with Gasteiger partial charge in [-0.15, -0.1) is 0 Å². The van der Waals surface area contributed by atoms with Crippen molar-refractivity contribution in [2.24, 2.45) is 16.7 Å². The molecule has 122 valence electrons. The number of ketones is 1. The summed E-state index contributed by atoms with van der Waals surface area (Å²) >= 11 is 0. The molecule has 0 N–H and O–H groups in total. The Kier molecular flexibility index (Phi) is 4.32. The van der Waals surface area contributed by atoms with Crippen molar-refractivity contribution in [3.63, 3.8) is 0 Å². The molecule has 0 bridgehead atoms. The van der Waals surface area contributed by atoms with Crippen LogP contribution in [-0.4, -0.2) is 5.78 Å². The van der Waals surface area contributed by atoms with Gasteiger partial charge in [-0.3, -0.25) is 4.79 Å².